The molecule has 0 heterocycles. The number of amides is 2. The van der Waals surface area contributed by atoms with Crippen molar-refractivity contribution in [3.05, 3.63) is 42.0 Å². The fourth-order valence-electron chi connectivity index (χ4n) is 5.30. The maximum Gasteiger partial charge on any atom is 0.339 e. The highest BCUT2D eigenvalue weighted by Crippen LogP contribution is 2.28. The monoisotopic (exact) mass is 704 g/mol. The lowest BCUT2D eigenvalue weighted by atomic mass is 9.82. The SMILES string of the molecule is CCCCCCCC(=O)CCCCCC/C=C/[C@H](C(=O)N[C@@H](Cc1ccc(O)cc1)C(=O)NCC(=O)OC)[C@@](O)(CCO)C(=O)OC(C)(C)C. The highest BCUT2D eigenvalue weighted by molar-refractivity contribution is 5.95. The summed E-state index contributed by atoms with van der Waals surface area (Å²) in [5.74, 6) is -4.68. The van der Waals surface area contributed by atoms with E-state index in [1.165, 1.54) is 37.5 Å². The number of hydrogen-bond acceptors (Lipinski definition) is 10. The molecule has 3 atom stereocenters. The van der Waals surface area contributed by atoms with Crippen molar-refractivity contribution in [1.82, 2.24) is 10.6 Å². The van der Waals surface area contributed by atoms with Gasteiger partial charge >= 0.3 is 11.9 Å². The lowest BCUT2D eigenvalue weighted by molar-refractivity contribution is -0.185. The van der Waals surface area contributed by atoms with Gasteiger partial charge in [-0.05, 0) is 64.2 Å². The van der Waals surface area contributed by atoms with Crippen molar-refractivity contribution in [2.75, 3.05) is 20.3 Å². The van der Waals surface area contributed by atoms with Gasteiger partial charge in [0.2, 0.25) is 11.8 Å². The van der Waals surface area contributed by atoms with Gasteiger partial charge in [0.1, 0.15) is 29.7 Å². The molecule has 282 valence electrons. The number of phenols is 1. The van der Waals surface area contributed by atoms with Crippen LogP contribution < -0.4 is 10.6 Å². The van der Waals surface area contributed by atoms with Gasteiger partial charge in [-0.2, -0.15) is 0 Å². The van der Waals surface area contributed by atoms with E-state index >= 15 is 0 Å². The molecule has 1 aromatic carbocycles. The third kappa shape index (κ3) is 17.8. The van der Waals surface area contributed by atoms with E-state index in [2.05, 4.69) is 22.3 Å². The molecule has 0 saturated carbocycles. The number of carbonyl (C=O) groups is 5. The van der Waals surface area contributed by atoms with E-state index in [1.54, 1.807) is 39.0 Å². The highest BCUT2D eigenvalue weighted by Gasteiger charge is 2.49. The first-order valence-corrected chi connectivity index (χ1v) is 17.8. The van der Waals surface area contributed by atoms with Crippen molar-refractivity contribution < 1.29 is 48.8 Å². The molecule has 0 unspecified atom stereocenters. The first-order valence-electron chi connectivity index (χ1n) is 17.8. The third-order valence-electron chi connectivity index (χ3n) is 8.15. The molecular weight excluding hydrogens is 644 g/mol. The molecule has 0 saturated heterocycles. The van der Waals surface area contributed by atoms with Crippen LogP contribution in [0.5, 0.6) is 5.75 Å². The number of aliphatic hydroxyl groups is 2. The molecule has 12 heteroatoms. The number of hydrogen-bond donors (Lipinski definition) is 5. The quantitative estimate of drug-likeness (QED) is 0.0547. The summed E-state index contributed by atoms with van der Waals surface area (Å²) in [6.07, 6.45) is 13.0. The number of ether oxygens (including phenoxy) is 2. The van der Waals surface area contributed by atoms with E-state index < -0.39 is 66.5 Å². The molecule has 0 aliphatic carbocycles. The zero-order valence-electron chi connectivity index (χ0n) is 30.6. The van der Waals surface area contributed by atoms with Gasteiger partial charge in [-0.15, -0.1) is 0 Å². The number of unbranched alkanes of at least 4 members (excludes halogenated alkanes) is 8. The number of benzene rings is 1. The van der Waals surface area contributed by atoms with E-state index in [0.717, 1.165) is 45.6 Å². The van der Waals surface area contributed by atoms with Gasteiger partial charge in [0.25, 0.3) is 0 Å². The number of nitrogens with one attached hydrogen (secondary N) is 2. The van der Waals surface area contributed by atoms with Gasteiger partial charge in [-0.3, -0.25) is 19.2 Å². The average Bonchev–Trinajstić information content (AvgIpc) is 3.06. The van der Waals surface area contributed by atoms with Crippen LogP contribution in [0.25, 0.3) is 0 Å². The van der Waals surface area contributed by atoms with Gasteiger partial charge < -0.3 is 35.4 Å². The van der Waals surface area contributed by atoms with Crippen LogP contribution in [0.4, 0.5) is 0 Å². The molecule has 0 aromatic heterocycles. The summed E-state index contributed by atoms with van der Waals surface area (Å²) < 4.78 is 10.0. The van der Waals surface area contributed by atoms with Gasteiger partial charge in [0, 0.05) is 32.3 Å². The largest absolute Gasteiger partial charge is 0.508 e. The molecule has 1 rings (SSSR count). The minimum Gasteiger partial charge on any atom is -0.508 e. The number of methoxy groups -OCH3 is 1. The fourth-order valence-corrected chi connectivity index (χ4v) is 5.30. The molecule has 12 nitrogen and oxygen atoms in total. The Morgan fingerprint density at radius 1 is 0.880 bits per heavy atom. The number of carbonyl (C=O) groups excluding carboxylic acids is 5. The van der Waals surface area contributed by atoms with Crippen molar-refractivity contribution >= 4 is 29.5 Å². The van der Waals surface area contributed by atoms with Crippen LogP contribution in [-0.4, -0.2) is 82.4 Å². The van der Waals surface area contributed by atoms with Crippen LogP contribution in [0.15, 0.2) is 36.4 Å². The zero-order valence-corrected chi connectivity index (χ0v) is 30.6. The number of esters is 2. The molecule has 0 aliphatic rings. The van der Waals surface area contributed by atoms with Crippen molar-refractivity contribution in [3.8, 4) is 5.75 Å². The van der Waals surface area contributed by atoms with Gasteiger partial charge in [0.05, 0.1) is 13.0 Å². The van der Waals surface area contributed by atoms with E-state index in [0.29, 0.717) is 30.6 Å². The van der Waals surface area contributed by atoms with Crippen LogP contribution in [-0.2, 0) is 39.9 Å². The Morgan fingerprint density at radius 2 is 1.48 bits per heavy atom. The summed E-state index contributed by atoms with van der Waals surface area (Å²) in [7, 11) is 1.16. The van der Waals surface area contributed by atoms with E-state index in [9.17, 15) is 39.3 Å². The van der Waals surface area contributed by atoms with Crippen LogP contribution >= 0.6 is 0 Å². The first-order chi connectivity index (χ1) is 23.7. The predicted octanol–water partition coefficient (Wildman–Crippen LogP) is 4.61. The minimum absolute atomic E-state index is 0.00256. The zero-order chi connectivity index (χ0) is 37.6. The Balaban J connectivity index is 3.10. The highest BCUT2D eigenvalue weighted by atomic mass is 16.6. The van der Waals surface area contributed by atoms with Crippen LogP contribution in [0.3, 0.4) is 0 Å². The molecule has 50 heavy (non-hydrogen) atoms. The van der Waals surface area contributed by atoms with Crippen molar-refractivity contribution in [1.29, 1.82) is 0 Å². The lowest BCUT2D eigenvalue weighted by Gasteiger charge is -2.34. The Hall–Kier alpha value is -3.77. The number of aromatic hydroxyl groups is 1. The van der Waals surface area contributed by atoms with Crippen molar-refractivity contribution in [2.24, 2.45) is 5.92 Å². The van der Waals surface area contributed by atoms with Crippen LogP contribution in [0.2, 0.25) is 0 Å². The summed E-state index contributed by atoms with van der Waals surface area (Å²) in [6.45, 7) is 5.89. The summed E-state index contributed by atoms with van der Waals surface area (Å²) in [5, 5.41) is 36.3. The molecular formula is C38H60N2O10. The fraction of sp³-hybridized carbons (Fsp3) is 0.658. The van der Waals surface area contributed by atoms with Crippen molar-refractivity contribution in [2.45, 2.75) is 135 Å². The Morgan fingerprint density at radius 3 is 2.04 bits per heavy atom. The summed E-state index contributed by atoms with van der Waals surface area (Å²) >= 11 is 0. The summed E-state index contributed by atoms with van der Waals surface area (Å²) in [6, 6.07) is 4.70. The average molecular weight is 705 g/mol. The smallest absolute Gasteiger partial charge is 0.339 e. The summed E-state index contributed by atoms with van der Waals surface area (Å²) in [5.41, 5.74) is -2.93. The van der Waals surface area contributed by atoms with Gasteiger partial charge in [-0.1, -0.05) is 69.7 Å². The summed E-state index contributed by atoms with van der Waals surface area (Å²) in [4.78, 5) is 64.4. The second-order valence-electron chi connectivity index (χ2n) is 13.7. The number of rotatable bonds is 25. The van der Waals surface area contributed by atoms with E-state index in [4.69, 9.17) is 4.74 Å². The number of allylic oxidation sites excluding steroid dienone is 1. The maximum atomic E-state index is 13.9. The van der Waals surface area contributed by atoms with E-state index in [1.807, 2.05) is 0 Å². The lowest BCUT2D eigenvalue weighted by Crippen LogP contribution is -2.57. The van der Waals surface area contributed by atoms with Crippen LogP contribution in [0.1, 0.15) is 117 Å². The maximum absolute atomic E-state index is 13.9. The second kappa shape index (κ2) is 23.6. The molecule has 5 N–H and O–H groups in total. The predicted molar refractivity (Wildman–Crippen MR) is 190 cm³/mol. The Kier molecular flexibility index (Phi) is 20.9. The molecule has 0 spiro atoms. The Bertz CT molecular complexity index is 1220. The van der Waals surface area contributed by atoms with Crippen molar-refractivity contribution in [3.63, 3.8) is 0 Å². The van der Waals surface area contributed by atoms with Gasteiger partial charge in [-0.25, -0.2) is 4.79 Å². The molecule has 0 radical (unpaired) electrons. The second-order valence-corrected chi connectivity index (χ2v) is 13.7. The molecule has 0 bridgehead atoms. The first kappa shape index (κ1) is 44.3. The number of Topliss-reactive ketones (excluding diaryl/α,β-unsaturated/α-hetero) is 1. The third-order valence-corrected chi connectivity index (χ3v) is 8.15. The molecule has 1 aromatic rings. The minimum atomic E-state index is -2.48. The standard InChI is InChI=1S/C38H60N2O10/c1-6-7-8-11-14-17-29(42)18-15-12-9-10-13-16-19-31(38(48,24-25-41)36(47)50-37(2,3)4)34(45)40-32(35(46)39-27-33(44)49-5)26-28-20-22-30(43)23-21-28/h16,19-23,31-32,41,43,48H,6-15,17-18,24-27H2,1-5H3,(H,39,46)(H,40,45)/b19-16+/t31-,32+,38+/m1/s1. The molecule has 0 fully saturated rings. The Labute approximate surface area is 297 Å². The number of ketones is 1. The number of aliphatic hydroxyl groups excluding tert-OH is 1. The number of phenolic OH excluding ortho intramolecular Hbond substituents is 1. The van der Waals surface area contributed by atoms with Gasteiger partial charge in [0.15, 0.2) is 5.60 Å². The topological polar surface area (TPSA) is 189 Å². The normalized spacial score (nSPS) is 14.0. The van der Waals surface area contributed by atoms with Crippen LogP contribution in [0, 0.1) is 5.92 Å². The molecule has 2 amide bonds. The van der Waals surface area contributed by atoms with E-state index in [-0.39, 0.29) is 12.2 Å². The molecule has 0 aliphatic heterocycles.